The molecule has 1 N–H and O–H groups in total. The average molecular weight is 375 g/mol. The maximum atomic E-state index is 12.5. The van der Waals surface area contributed by atoms with E-state index in [4.69, 9.17) is 4.74 Å². The van der Waals surface area contributed by atoms with Gasteiger partial charge in [-0.2, -0.15) is 0 Å². The number of amides is 1. The number of rotatable bonds is 6. The summed E-state index contributed by atoms with van der Waals surface area (Å²) in [5.41, 5.74) is 2.88. The van der Waals surface area contributed by atoms with Crippen LogP contribution < -0.4 is 10.1 Å². The normalized spacial score (nSPS) is 11.8. The van der Waals surface area contributed by atoms with Crippen LogP contribution in [0.15, 0.2) is 60.7 Å². The van der Waals surface area contributed by atoms with Gasteiger partial charge in [0.2, 0.25) is 5.91 Å². The van der Waals surface area contributed by atoms with Crippen molar-refractivity contribution in [3.8, 4) is 5.75 Å². The minimum atomic E-state index is -0.417. The van der Waals surface area contributed by atoms with Crippen molar-refractivity contribution in [2.45, 2.75) is 39.7 Å². The van der Waals surface area contributed by atoms with Gasteiger partial charge in [-0.3, -0.25) is 9.59 Å². The summed E-state index contributed by atoms with van der Waals surface area (Å²) < 4.78 is 5.53. The van der Waals surface area contributed by atoms with Gasteiger partial charge in [0, 0.05) is 18.9 Å². The highest BCUT2D eigenvalue weighted by atomic mass is 16.5. The van der Waals surface area contributed by atoms with Gasteiger partial charge in [0.1, 0.15) is 5.75 Å². The molecule has 0 aliphatic heterocycles. The molecule has 0 heterocycles. The van der Waals surface area contributed by atoms with Gasteiger partial charge < -0.3 is 10.1 Å². The molecular weight excluding hydrogens is 350 g/mol. The van der Waals surface area contributed by atoms with Crippen molar-refractivity contribution in [3.63, 3.8) is 0 Å². The first-order valence-corrected chi connectivity index (χ1v) is 9.55. The number of carbonyl (C=O) groups is 2. The molecule has 0 saturated heterocycles. The molecule has 0 aliphatic carbocycles. The van der Waals surface area contributed by atoms with Crippen molar-refractivity contribution in [2.75, 3.05) is 0 Å². The SMILES string of the molecule is CCCC(=O)N[C@@H](c1ccc(C)cc1)c1c(OC(C)=O)ccc2ccccc12. The topological polar surface area (TPSA) is 55.4 Å². The first-order valence-electron chi connectivity index (χ1n) is 9.55. The molecule has 0 saturated carbocycles. The summed E-state index contributed by atoms with van der Waals surface area (Å²) in [6.07, 6.45) is 1.20. The van der Waals surface area contributed by atoms with Gasteiger partial charge in [0.05, 0.1) is 6.04 Å². The van der Waals surface area contributed by atoms with Gasteiger partial charge in [-0.05, 0) is 35.7 Å². The third-order valence-corrected chi connectivity index (χ3v) is 4.67. The number of aryl methyl sites for hydroxylation is 1. The molecule has 0 bridgehead atoms. The van der Waals surface area contributed by atoms with Crippen LogP contribution in [0.4, 0.5) is 0 Å². The maximum Gasteiger partial charge on any atom is 0.308 e. The molecule has 1 atom stereocenters. The van der Waals surface area contributed by atoms with Gasteiger partial charge in [-0.15, -0.1) is 0 Å². The Morgan fingerprint density at radius 1 is 1.00 bits per heavy atom. The number of carbonyl (C=O) groups excluding carboxylic acids is 2. The van der Waals surface area contributed by atoms with E-state index in [1.807, 2.05) is 68.4 Å². The minimum absolute atomic E-state index is 0.0326. The smallest absolute Gasteiger partial charge is 0.308 e. The average Bonchev–Trinajstić information content (AvgIpc) is 2.67. The lowest BCUT2D eigenvalue weighted by Crippen LogP contribution is -2.29. The molecule has 0 fully saturated rings. The van der Waals surface area contributed by atoms with Crippen molar-refractivity contribution in [2.24, 2.45) is 0 Å². The number of hydrogen-bond acceptors (Lipinski definition) is 3. The number of esters is 1. The lowest BCUT2D eigenvalue weighted by atomic mass is 9.92. The molecule has 0 radical (unpaired) electrons. The van der Waals surface area contributed by atoms with E-state index in [2.05, 4.69) is 5.32 Å². The van der Waals surface area contributed by atoms with Crippen LogP contribution in [-0.4, -0.2) is 11.9 Å². The molecule has 28 heavy (non-hydrogen) atoms. The molecule has 0 aliphatic rings. The first kappa shape index (κ1) is 19.6. The molecule has 1 amide bonds. The fourth-order valence-electron chi connectivity index (χ4n) is 3.36. The van der Waals surface area contributed by atoms with E-state index in [1.54, 1.807) is 6.07 Å². The maximum absolute atomic E-state index is 12.5. The van der Waals surface area contributed by atoms with Crippen LogP contribution in [0.5, 0.6) is 5.75 Å². The third-order valence-electron chi connectivity index (χ3n) is 4.67. The Hall–Kier alpha value is -3.14. The molecular formula is C24H25NO3. The number of hydrogen-bond donors (Lipinski definition) is 1. The van der Waals surface area contributed by atoms with Crippen LogP contribution in [0, 0.1) is 6.92 Å². The fourth-order valence-corrected chi connectivity index (χ4v) is 3.36. The van der Waals surface area contributed by atoms with E-state index >= 15 is 0 Å². The van der Waals surface area contributed by atoms with Crippen LogP contribution >= 0.6 is 0 Å². The minimum Gasteiger partial charge on any atom is -0.426 e. The lowest BCUT2D eigenvalue weighted by molar-refractivity contribution is -0.131. The van der Waals surface area contributed by atoms with Gasteiger partial charge in [-0.1, -0.05) is 67.1 Å². The quantitative estimate of drug-likeness (QED) is 0.483. The second-order valence-electron chi connectivity index (χ2n) is 6.95. The van der Waals surface area contributed by atoms with E-state index in [0.717, 1.165) is 33.9 Å². The largest absolute Gasteiger partial charge is 0.426 e. The van der Waals surface area contributed by atoms with Crippen LogP contribution in [0.25, 0.3) is 10.8 Å². The van der Waals surface area contributed by atoms with Gasteiger partial charge in [0.15, 0.2) is 0 Å². The number of benzene rings is 3. The summed E-state index contributed by atoms with van der Waals surface area (Å²) in [5.74, 6) is 0.0439. The standard InChI is InChI=1S/C24H25NO3/c1-4-7-22(27)25-24(19-12-10-16(2)11-13-19)23-20-9-6-5-8-18(20)14-15-21(23)28-17(3)26/h5-6,8-15,24H,4,7H2,1-3H3,(H,25,27)/t24-/m0/s1. The Labute approximate surface area is 165 Å². The van der Waals surface area contributed by atoms with Crippen LogP contribution in [0.3, 0.4) is 0 Å². The summed E-state index contributed by atoms with van der Waals surface area (Å²) >= 11 is 0. The molecule has 0 spiro atoms. The highest BCUT2D eigenvalue weighted by molar-refractivity contribution is 5.90. The fraction of sp³-hybridized carbons (Fsp3) is 0.250. The molecule has 3 aromatic carbocycles. The second kappa shape index (κ2) is 8.70. The van der Waals surface area contributed by atoms with Crippen molar-refractivity contribution in [1.82, 2.24) is 5.32 Å². The summed E-state index contributed by atoms with van der Waals surface area (Å²) in [5, 5.41) is 5.12. The summed E-state index contributed by atoms with van der Waals surface area (Å²) in [6, 6.07) is 19.3. The van der Waals surface area contributed by atoms with Crippen molar-refractivity contribution >= 4 is 22.6 Å². The number of nitrogens with one attached hydrogen (secondary N) is 1. The Morgan fingerprint density at radius 3 is 2.39 bits per heavy atom. The summed E-state index contributed by atoms with van der Waals surface area (Å²) in [7, 11) is 0. The molecule has 4 nitrogen and oxygen atoms in total. The van der Waals surface area contributed by atoms with E-state index in [0.29, 0.717) is 12.2 Å². The zero-order chi connectivity index (χ0) is 20.1. The Bertz CT molecular complexity index is 992. The number of fused-ring (bicyclic) bond motifs is 1. The van der Waals surface area contributed by atoms with Crippen LogP contribution in [-0.2, 0) is 9.59 Å². The molecule has 0 aromatic heterocycles. The van der Waals surface area contributed by atoms with E-state index in [9.17, 15) is 9.59 Å². The predicted molar refractivity (Wildman–Crippen MR) is 111 cm³/mol. The van der Waals surface area contributed by atoms with Crippen LogP contribution in [0.2, 0.25) is 0 Å². The molecule has 144 valence electrons. The molecule has 3 aromatic rings. The van der Waals surface area contributed by atoms with Crippen molar-refractivity contribution in [3.05, 3.63) is 77.4 Å². The van der Waals surface area contributed by atoms with E-state index < -0.39 is 6.04 Å². The summed E-state index contributed by atoms with van der Waals surface area (Å²) in [4.78, 5) is 24.2. The molecule has 4 heteroatoms. The van der Waals surface area contributed by atoms with Crippen molar-refractivity contribution < 1.29 is 14.3 Å². The van der Waals surface area contributed by atoms with Crippen molar-refractivity contribution in [1.29, 1.82) is 0 Å². The first-order chi connectivity index (χ1) is 13.5. The Morgan fingerprint density at radius 2 is 1.71 bits per heavy atom. The lowest BCUT2D eigenvalue weighted by Gasteiger charge is -2.24. The van der Waals surface area contributed by atoms with E-state index in [-0.39, 0.29) is 11.9 Å². The zero-order valence-electron chi connectivity index (χ0n) is 16.5. The third kappa shape index (κ3) is 4.39. The monoisotopic (exact) mass is 375 g/mol. The van der Waals surface area contributed by atoms with Crippen LogP contribution in [0.1, 0.15) is 49.4 Å². The number of ether oxygens (including phenoxy) is 1. The Kier molecular flexibility index (Phi) is 6.09. The highest BCUT2D eigenvalue weighted by Gasteiger charge is 2.23. The van der Waals surface area contributed by atoms with Gasteiger partial charge in [0.25, 0.3) is 0 Å². The molecule has 0 unspecified atom stereocenters. The predicted octanol–water partition coefficient (Wildman–Crippen LogP) is 5.08. The second-order valence-corrected chi connectivity index (χ2v) is 6.95. The van der Waals surface area contributed by atoms with E-state index in [1.165, 1.54) is 6.92 Å². The summed E-state index contributed by atoms with van der Waals surface area (Å²) in [6.45, 7) is 5.38. The highest BCUT2D eigenvalue weighted by Crippen LogP contribution is 2.37. The van der Waals surface area contributed by atoms with Gasteiger partial charge in [-0.25, -0.2) is 0 Å². The molecule has 3 rings (SSSR count). The van der Waals surface area contributed by atoms with Gasteiger partial charge >= 0.3 is 5.97 Å². The zero-order valence-corrected chi connectivity index (χ0v) is 16.5. The Balaban J connectivity index is 2.22.